The van der Waals surface area contributed by atoms with Gasteiger partial charge in [-0.3, -0.25) is 4.79 Å². The molecule has 0 fully saturated rings. The maximum atomic E-state index is 12.6. The highest BCUT2D eigenvalue weighted by Gasteiger charge is 2.30. The molecule has 1 heterocycles. The van der Waals surface area contributed by atoms with Crippen LogP contribution < -0.4 is 0 Å². The number of aromatic nitrogens is 2. The number of carbonyl (C=O) groups is 1. The minimum atomic E-state index is -4.44. The van der Waals surface area contributed by atoms with Crippen molar-refractivity contribution in [3.63, 3.8) is 0 Å². The van der Waals surface area contributed by atoms with Crippen molar-refractivity contribution in [1.29, 1.82) is 0 Å². The molecule has 108 valence electrons. The number of rotatable bonds is 4. The van der Waals surface area contributed by atoms with Gasteiger partial charge in [0.2, 0.25) is 0 Å². The van der Waals surface area contributed by atoms with E-state index in [-0.39, 0.29) is 21.4 Å². The highest BCUT2D eigenvalue weighted by Crippen LogP contribution is 2.29. The van der Waals surface area contributed by atoms with Crippen LogP contribution in [-0.2, 0) is 11.3 Å². The van der Waals surface area contributed by atoms with Crippen LogP contribution in [0.1, 0.15) is 0 Å². The summed E-state index contributed by atoms with van der Waals surface area (Å²) in [5.74, 6) is -1.49. The zero-order valence-corrected chi connectivity index (χ0v) is 11.4. The normalized spacial score (nSPS) is 12.0. The van der Waals surface area contributed by atoms with Crippen LogP contribution in [0.25, 0.3) is 11.0 Å². The molecule has 0 aliphatic heterocycles. The molecule has 1 N–H and O–H groups in total. The molecule has 0 aliphatic carbocycles. The SMILES string of the molecule is O=C(O)CSc1nc2ccc(Cl)cc2n1CC(F)(F)F. The summed E-state index contributed by atoms with van der Waals surface area (Å²) in [7, 11) is 0. The van der Waals surface area contributed by atoms with Crippen LogP contribution in [-0.4, -0.2) is 32.6 Å². The van der Waals surface area contributed by atoms with Crippen molar-refractivity contribution in [2.24, 2.45) is 0 Å². The molecule has 1 aromatic heterocycles. The fraction of sp³-hybridized carbons (Fsp3) is 0.273. The highest BCUT2D eigenvalue weighted by atomic mass is 35.5. The first kappa shape index (κ1) is 15.0. The second-order valence-corrected chi connectivity index (χ2v) is 5.29. The van der Waals surface area contributed by atoms with Crippen molar-refractivity contribution < 1.29 is 23.1 Å². The Balaban J connectivity index is 2.48. The number of imidazole rings is 1. The number of nitrogens with zero attached hydrogens (tertiary/aromatic N) is 2. The van der Waals surface area contributed by atoms with Crippen LogP contribution in [0.15, 0.2) is 23.4 Å². The quantitative estimate of drug-likeness (QED) is 0.875. The topological polar surface area (TPSA) is 55.1 Å². The van der Waals surface area contributed by atoms with Gasteiger partial charge in [-0.2, -0.15) is 13.2 Å². The van der Waals surface area contributed by atoms with E-state index >= 15 is 0 Å². The molecule has 0 bridgehead atoms. The van der Waals surface area contributed by atoms with E-state index in [0.717, 1.165) is 16.3 Å². The first-order valence-electron chi connectivity index (χ1n) is 5.33. The zero-order valence-electron chi connectivity index (χ0n) is 9.82. The van der Waals surface area contributed by atoms with Crippen LogP contribution in [0.5, 0.6) is 0 Å². The summed E-state index contributed by atoms with van der Waals surface area (Å²) >= 11 is 6.51. The Morgan fingerprint density at radius 2 is 2.15 bits per heavy atom. The Kier molecular flexibility index (Phi) is 4.14. The molecule has 2 aromatic rings. The minimum absolute atomic E-state index is 0.00184. The van der Waals surface area contributed by atoms with Gasteiger partial charge in [-0.15, -0.1) is 0 Å². The van der Waals surface area contributed by atoms with Gasteiger partial charge in [-0.1, -0.05) is 23.4 Å². The third kappa shape index (κ3) is 3.57. The fourth-order valence-electron chi connectivity index (χ4n) is 1.64. The van der Waals surface area contributed by atoms with E-state index in [2.05, 4.69) is 4.98 Å². The van der Waals surface area contributed by atoms with Gasteiger partial charge >= 0.3 is 12.1 Å². The minimum Gasteiger partial charge on any atom is -0.481 e. The molecule has 1 aromatic carbocycles. The maximum absolute atomic E-state index is 12.6. The number of aliphatic carboxylic acids is 1. The first-order valence-corrected chi connectivity index (χ1v) is 6.70. The van der Waals surface area contributed by atoms with Gasteiger partial charge < -0.3 is 9.67 Å². The van der Waals surface area contributed by atoms with Crippen LogP contribution in [0.3, 0.4) is 0 Å². The molecule has 0 saturated heterocycles. The van der Waals surface area contributed by atoms with Crippen molar-refractivity contribution >= 4 is 40.4 Å². The van der Waals surface area contributed by atoms with Crippen molar-refractivity contribution in [2.75, 3.05) is 5.75 Å². The third-order valence-electron chi connectivity index (χ3n) is 2.34. The average Bonchev–Trinajstić information content (AvgIpc) is 2.63. The molecule has 0 amide bonds. The summed E-state index contributed by atoms with van der Waals surface area (Å²) in [6.45, 7) is -1.24. The number of carboxylic acids is 1. The summed E-state index contributed by atoms with van der Waals surface area (Å²) in [5.41, 5.74) is 0.564. The highest BCUT2D eigenvalue weighted by molar-refractivity contribution is 7.99. The number of thioether (sulfide) groups is 1. The van der Waals surface area contributed by atoms with Gasteiger partial charge in [0.15, 0.2) is 5.16 Å². The monoisotopic (exact) mass is 324 g/mol. The Morgan fingerprint density at radius 1 is 1.45 bits per heavy atom. The molecule has 0 spiro atoms. The van der Waals surface area contributed by atoms with E-state index in [1.165, 1.54) is 18.2 Å². The van der Waals surface area contributed by atoms with Crippen LogP contribution >= 0.6 is 23.4 Å². The van der Waals surface area contributed by atoms with E-state index < -0.39 is 18.7 Å². The molecular formula is C11H8ClF3N2O2S. The lowest BCUT2D eigenvalue weighted by molar-refractivity contribution is -0.141. The van der Waals surface area contributed by atoms with Gasteiger partial charge in [-0.05, 0) is 18.2 Å². The smallest absolute Gasteiger partial charge is 0.406 e. The lowest BCUT2D eigenvalue weighted by Crippen LogP contribution is -2.18. The zero-order chi connectivity index (χ0) is 14.9. The predicted molar refractivity (Wildman–Crippen MR) is 69.2 cm³/mol. The lowest BCUT2D eigenvalue weighted by Gasteiger charge is -2.11. The molecule has 9 heteroatoms. The molecule has 4 nitrogen and oxygen atoms in total. The Bertz CT molecular complexity index is 657. The van der Waals surface area contributed by atoms with Crippen molar-refractivity contribution in [3.8, 4) is 0 Å². The molecule has 0 saturated carbocycles. The number of benzene rings is 1. The van der Waals surface area contributed by atoms with Gasteiger partial charge in [0.25, 0.3) is 0 Å². The summed E-state index contributed by atoms with van der Waals surface area (Å²) < 4.78 is 38.8. The molecule has 0 atom stereocenters. The summed E-state index contributed by atoms with van der Waals surface area (Å²) in [6, 6.07) is 4.39. The second kappa shape index (κ2) is 5.53. The standard InChI is InChI=1S/C11H8ClF3N2O2S/c12-6-1-2-7-8(3-6)17(5-11(13,14)15)10(16-7)20-4-9(18)19/h1-3H,4-5H2,(H,18,19). The van der Waals surface area contributed by atoms with E-state index in [4.69, 9.17) is 16.7 Å². The van der Waals surface area contributed by atoms with Crippen molar-refractivity contribution in [3.05, 3.63) is 23.2 Å². The Hall–Kier alpha value is -1.41. The third-order valence-corrected chi connectivity index (χ3v) is 3.53. The average molecular weight is 325 g/mol. The van der Waals surface area contributed by atoms with Crippen LogP contribution in [0, 0.1) is 0 Å². The van der Waals surface area contributed by atoms with E-state index in [1.54, 1.807) is 0 Å². The molecule has 20 heavy (non-hydrogen) atoms. The lowest BCUT2D eigenvalue weighted by atomic mass is 10.3. The van der Waals surface area contributed by atoms with Crippen LogP contribution in [0.2, 0.25) is 5.02 Å². The molecule has 2 rings (SSSR count). The number of hydrogen-bond donors (Lipinski definition) is 1. The molecule has 0 aliphatic rings. The number of alkyl halides is 3. The number of carboxylic acid groups (broad SMARTS) is 1. The van der Waals surface area contributed by atoms with Crippen LogP contribution in [0.4, 0.5) is 13.2 Å². The van der Waals surface area contributed by atoms with E-state index in [1.807, 2.05) is 0 Å². The number of halogens is 4. The van der Waals surface area contributed by atoms with Gasteiger partial charge in [-0.25, -0.2) is 4.98 Å². The molecule has 0 unspecified atom stereocenters. The predicted octanol–water partition coefficient (Wildman–Crippen LogP) is 3.43. The van der Waals surface area contributed by atoms with E-state index in [0.29, 0.717) is 5.52 Å². The summed E-state index contributed by atoms with van der Waals surface area (Å²) in [6.07, 6.45) is -4.44. The van der Waals surface area contributed by atoms with Gasteiger partial charge in [0.05, 0.1) is 16.8 Å². The number of hydrogen-bond acceptors (Lipinski definition) is 3. The maximum Gasteiger partial charge on any atom is 0.406 e. The van der Waals surface area contributed by atoms with Gasteiger partial charge in [0, 0.05) is 5.02 Å². The largest absolute Gasteiger partial charge is 0.481 e. The Morgan fingerprint density at radius 3 is 2.75 bits per heavy atom. The fourth-order valence-corrected chi connectivity index (χ4v) is 2.54. The van der Waals surface area contributed by atoms with E-state index in [9.17, 15) is 18.0 Å². The number of fused-ring (bicyclic) bond motifs is 1. The van der Waals surface area contributed by atoms with Gasteiger partial charge in [0.1, 0.15) is 6.54 Å². The Labute approximate surface area is 120 Å². The molecular weight excluding hydrogens is 317 g/mol. The summed E-state index contributed by atoms with van der Waals surface area (Å²) in [5, 5.41) is 8.91. The van der Waals surface area contributed by atoms with Crippen molar-refractivity contribution in [2.45, 2.75) is 17.9 Å². The molecule has 0 radical (unpaired) electrons. The summed E-state index contributed by atoms with van der Waals surface area (Å²) in [4.78, 5) is 14.6. The second-order valence-electron chi connectivity index (χ2n) is 3.91. The van der Waals surface area contributed by atoms with Crippen molar-refractivity contribution in [1.82, 2.24) is 9.55 Å². The first-order chi connectivity index (χ1) is 9.26.